The van der Waals surface area contributed by atoms with E-state index in [-0.39, 0.29) is 16.0 Å². The van der Waals surface area contributed by atoms with Gasteiger partial charge >= 0.3 is 0 Å². The second kappa shape index (κ2) is 9.61. The first-order valence-electron chi connectivity index (χ1n) is 10.2. The highest BCUT2D eigenvalue weighted by Crippen LogP contribution is 2.30. The predicted octanol–water partition coefficient (Wildman–Crippen LogP) is 2.79. The van der Waals surface area contributed by atoms with Gasteiger partial charge in [-0.3, -0.25) is 10.1 Å². The Balaban J connectivity index is 1.38. The molecule has 4 rings (SSSR count). The van der Waals surface area contributed by atoms with Crippen LogP contribution < -0.4 is 24.8 Å². The Bertz CT molecular complexity index is 1340. The van der Waals surface area contributed by atoms with Crippen LogP contribution in [0.3, 0.4) is 0 Å². The van der Waals surface area contributed by atoms with Gasteiger partial charge in [-0.1, -0.05) is 0 Å². The maximum absolute atomic E-state index is 12.6. The molecule has 2 aromatic carbocycles. The molecule has 0 bridgehead atoms. The van der Waals surface area contributed by atoms with Gasteiger partial charge < -0.3 is 14.8 Å². The van der Waals surface area contributed by atoms with E-state index in [1.807, 2.05) is 0 Å². The maximum atomic E-state index is 12.6. The smallest absolute Gasteiger partial charge is 0.264 e. The van der Waals surface area contributed by atoms with Crippen molar-refractivity contribution in [2.75, 3.05) is 23.3 Å². The lowest BCUT2D eigenvalue weighted by atomic mass is 10.2. The van der Waals surface area contributed by atoms with E-state index in [1.165, 1.54) is 24.3 Å². The molecule has 0 fully saturated rings. The lowest BCUT2D eigenvalue weighted by Gasteiger charge is -2.18. The van der Waals surface area contributed by atoms with Crippen LogP contribution >= 0.6 is 12.2 Å². The number of hydrogen-bond donors (Lipinski definition) is 3. The van der Waals surface area contributed by atoms with Crippen LogP contribution in [-0.4, -0.2) is 42.6 Å². The number of anilines is 2. The molecule has 0 saturated heterocycles. The molecular formula is C22H21N5O5S2. The first-order chi connectivity index (χ1) is 16.2. The Labute approximate surface area is 201 Å². The molecular weight excluding hydrogens is 478 g/mol. The molecule has 0 aliphatic carbocycles. The summed E-state index contributed by atoms with van der Waals surface area (Å²) in [7, 11) is -3.88. The third kappa shape index (κ3) is 5.58. The zero-order chi connectivity index (χ0) is 24.3. The minimum Gasteiger partial charge on any atom is -0.486 e. The monoisotopic (exact) mass is 499 g/mol. The second-order valence-corrected chi connectivity index (χ2v) is 9.46. The van der Waals surface area contributed by atoms with Crippen LogP contribution in [0.5, 0.6) is 11.5 Å². The summed E-state index contributed by atoms with van der Waals surface area (Å²) < 4.78 is 38.6. The highest BCUT2D eigenvalue weighted by Gasteiger charge is 2.18. The van der Waals surface area contributed by atoms with E-state index in [2.05, 4.69) is 25.3 Å². The molecule has 0 saturated carbocycles. The number of carbonyl (C=O) groups excluding carboxylic acids is 1. The van der Waals surface area contributed by atoms with Crippen LogP contribution in [0.2, 0.25) is 0 Å². The number of ether oxygens (including phenoxy) is 2. The minimum absolute atomic E-state index is 0.00253. The molecule has 1 amide bonds. The summed E-state index contributed by atoms with van der Waals surface area (Å²) in [5, 5.41) is 5.48. The Hall–Kier alpha value is -3.77. The fraction of sp³-hybridized carbons (Fsp3) is 0.182. The van der Waals surface area contributed by atoms with Gasteiger partial charge in [0.1, 0.15) is 13.2 Å². The third-order valence-corrected chi connectivity index (χ3v) is 6.21. The Morgan fingerprint density at radius 2 is 1.59 bits per heavy atom. The van der Waals surface area contributed by atoms with Gasteiger partial charge in [0.05, 0.1) is 4.90 Å². The number of nitrogens with one attached hydrogen (secondary N) is 3. The zero-order valence-electron chi connectivity index (χ0n) is 18.3. The summed E-state index contributed by atoms with van der Waals surface area (Å²) in [6.45, 7) is 4.38. The van der Waals surface area contributed by atoms with Crippen molar-refractivity contribution in [3.8, 4) is 11.5 Å². The van der Waals surface area contributed by atoms with Gasteiger partial charge in [-0.25, -0.2) is 23.1 Å². The summed E-state index contributed by atoms with van der Waals surface area (Å²) >= 11 is 5.20. The predicted molar refractivity (Wildman–Crippen MR) is 130 cm³/mol. The van der Waals surface area contributed by atoms with E-state index in [1.54, 1.807) is 38.1 Å². The number of aryl methyl sites for hydroxylation is 2. The Kier molecular flexibility index (Phi) is 6.61. The molecule has 10 nitrogen and oxygen atoms in total. The highest BCUT2D eigenvalue weighted by molar-refractivity contribution is 7.92. The zero-order valence-corrected chi connectivity index (χ0v) is 19.9. The van der Waals surface area contributed by atoms with Crippen LogP contribution in [0, 0.1) is 13.8 Å². The van der Waals surface area contributed by atoms with Gasteiger partial charge in [0.15, 0.2) is 16.6 Å². The summed E-state index contributed by atoms with van der Waals surface area (Å²) in [4.78, 5) is 20.7. The first-order valence-corrected chi connectivity index (χ1v) is 12.1. The van der Waals surface area contributed by atoms with Gasteiger partial charge in [-0.15, -0.1) is 0 Å². The van der Waals surface area contributed by atoms with E-state index >= 15 is 0 Å². The number of fused-ring (bicyclic) bond motifs is 1. The maximum Gasteiger partial charge on any atom is 0.264 e. The Morgan fingerprint density at radius 3 is 2.26 bits per heavy atom. The molecule has 0 spiro atoms. The standard InChI is InChI=1S/C22H21N5O5S2/c1-13-11-14(2)24-21(23-13)27-34(29,30)17-6-4-16(5-7-17)25-22(33)26-20(28)15-3-8-18-19(12-15)32-10-9-31-18/h3-8,11-12H,9-10H2,1-2H3,(H,23,24,27)(H2,25,26,28,33). The molecule has 0 atom stereocenters. The van der Waals surface area contributed by atoms with Crippen LogP contribution in [0.25, 0.3) is 0 Å². The van der Waals surface area contributed by atoms with Crippen molar-refractivity contribution in [1.29, 1.82) is 0 Å². The average molecular weight is 500 g/mol. The van der Waals surface area contributed by atoms with Gasteiger partial charge in [0, 0.05) is 22.6 Å². The molecule has 12 heteroatoms. The van der Waals surface area contributed by atoms with Crippen molar-refractivity contribution in [2.24, 2.45) is 0 Å². The van der Waals surface area contributed by atoms with Crippen molar-refractivity contribution >= 4 is 44.9 Å². The van der Waals surface area contributed by atoms with Gasteiger partial charge in [-0.05, 0) is 74.6 Å². The van der Waals surface area contributed by atoms with Gasteiger partial charge in [0.25, 0.3) is 15.9 Å². The number of benzene rings is 2. The average Bonchev–Trinajstić information content (AvgIpc) is 2.78. The van der Waals surface area contributed by atoms with Crippen LogP contribution in [0.15, 0.2) is 53.4 Å². The largest absolute Gasteiger partial charge is 0.486 e. The minimum atomic E-state index is -3.88. The fourth-order valence-corrected chi connectivity index (χ4v) is 4.34. The van der Waals surface area contributed by atoms with Crippen molar-refractivity contribution in [3.05, 3.63) is 65.5 Å². The molecule has 1 aliphatic rings. The quantitative estimate of drug-likeness (QED) is 0.453. The number of amides is 1. The van der Waals surface area contributed by atoms with Crippen molar-refractivity contribution in [3.63, 3.8) is 0 Å². The van der Waals surface area contributed by atoms with E-state index in [0.717, 1.165) is 0 Å². The lowest BCUT2D eigenvalue weighted by molar-refractivity contribution is 0.0976. The highest BCUT2D eigenvalue weighted by atomic mass is 32.2. The number of carbonyl (C=O) groups is 1. The number of aromatic nitrogens is 2. The summed E-state index contributed by atoms with van der Waals surface area (Å²) in [5.74, 6) is 0.653. The molecule has 3 aromatic rings. The number of rotatable bonds is 5. The molecule has 1 aromatic heterocycles. The summed E-state index contributed by atoms with van der Waals surface area (Å²) in [5.41, 5.74) is 2.15. The topological polar surface area (TPSA) is 132 Å². The number of hydrogen-bond acceptors (Lipinski definition) is 8. The summed E-state index contributed by atoms with van der Waals surface area (Å²) in [6.07, 6.45) is 0. The van der Waals surface area contributed by atoms with Crippen LogP contribution in [0.4, 0.5) is 11.6 Å². The number of nitrogens with zero attached hydrogens (tertiary/aromatic N) is 2. The number of sulfonamides is 1. The lowest BCUT2D eigenvalue weighted by Crippen LogP contribution is -2.34. The van der Waals surface area contributed by atoms with Gasteiger partial charge in [-0.2, -0.15) is 0 Å². The van der Waals surface area contributed by atoms with E-state index in [0.29, 0.717) is 47.4 Å². The normalized spacial score (nSPS) is 12.5. The van der Waals surface area contributed by atoms with Crippen LogP contribution in [0.1, 0.15) is 21.7 Å². The summed E-state index contributed by atoms with van der Waals surface area (Å²) in [6, 6.07) is 12.5. The fourth-order valence-electron chi connectivity index (χ4n) is 3.19. The van der Waals surface area contributed by atoms with Crippen molar-refractivity contribution in [2.45, 2.75) is 18.7 Å². The van der Waals surface area contributed by atoms with E-state index < -0.39 is 15.9 Å². The molecule has 176 valence electrons. The number of thiocarbonyl (C=S) groups is 1. The molecule has 3 N–H and O–H groups in total. The molecule has 1 aliphatic heterocycles. The van der Waals surface area contributed by atoms with Crippen molar-refractivity contribution < 1.29 is 22.7 Å². The molecule has 0 radical (unpaired) electrons. The SMILES string of the molecule is Cc1cc(C)nc(NS(=O)(=O)c2ccc(NC(=S)NC(=O)c3ccc4c(c3)OCCO4)cc2)n1. The third-order valence-electron chi connectivity index (χ3n) is 4.66. The Morgan fingerprint density at radius 1 is 0.941 bits per heavy atom. The second-order valence-electron chi connectivity index (χ2n) is 7.37. The molecule has 34 heavy (non-hydrogen) atoms. The van der Waals surface area contributed by atoms with Gasteiger partial charge in [0.2, 0.25) is 5.95 Å². The van der Waals surface area contributed by atoms with Crippen molar-refractivity contribution in [1.82, 2.24) is 15.3 Å². The molecule has 2 heterocycles. The van der Waals surface area contributed by atoms with E-state index in [4.69, 9.17) is 21.7 Å². The molecule has 0 unspecified atom stereocenters. The first kappa shape index (κ1) is 23.4. The van der Waals surface area contributed by atoms with E-state index in [9.17, 15) is 13.2 Å². The van der Waals surface area contributed by atoms with Crippen LogP contribution in [-0.2, 0) is 10.0 Å².